The smallest absolute Gasteiger partial charge is 0.391 e. The summed E-state index contributed by atoms with van der Waals surface area (Å²) >= 11 is 0. The van der Waals surface area contributed by atoms with E-state index in [-0.39, 0.29) is 12.9 Å². The molecule has 4 atom stereocenters. The lowest BCUT2D eigenvalue weighted by atomic mass is 9.43. The second kappa shape index (κ2) is 3.24. The number of hydrogen-bond acceptors (Lipinski definition) is 3. The van der Waals surface area contributed by atoms with Crippen molar-refractivity contribution in [1.29, 1.82) is 0 Å². The monoisotopic (exact) mass is 223 g/mol. The summed E-state index contributed by atoms with van der Waals surface area (Å²) in [5.74, 6) is 1.49. The molecule has 4 aliphatic rings. The van der Waals surface area contributed by atoms with Crippen LogP contribution in [-0.4, -0.2) is 25.5 Å². The summed E-state index contributed by atoms with van der Waals surface area (Å²) in [6.45, 7) is 10.00. The van der Waals surface area contributed by atoms with Crippen molar-refractivity contribution in [3.8, 4) is 0 Å². The molecule has 3 saturated carbocycles. The van der Waals surface area contributed by atoms with Gasteiger partial charge in [-0.25, -0.2) is 0 Å². The van der Waals surface area contributed by atoms with E-state index in [1.165, 1.54) is 12.8 Å². The van der Waals surface area contributed by atoms with Gasteiger partial charge in [0.15, 0.2) is 0 Å². The second-order valence-corrected chi connectivity index (χ2v) is 6.36. The highest BCUT2D eigenvalue weighted by molar-refractivity contribution is 6.42. The lowest BCUT2D eigenvalue weighted by Gasteiger charge is -2.64. The maximum absolute atomic E-state index is 6.15. The van der Waals surface area contributed by atoms with Crippen LogP contribution in [0.15, 0.2) is 0 Å². The molecule has 2 bridgehead atoms. The Morgan fingerprint density at radius 2 is 2.06 bits per heavy atom. The predicted octanol–water partition coefficient (Wildman–Crippen LogP) is 1.82. The Labute approximate surface area is 98.4 Å². The van der Waals surface area contributed by atoms with E-state index in [0.717, 1.165) is 12.5 Å². The molecule has 0 aromatic rings. The Kier molecular flexibility index (Phi) is 2.24. The number of hydrogen-bond donors (Lipinski definition) is 1. The molecule has 0 spiro atoms. The standard InChI is InChI=1S/C12H22BNO2/c1-5-14-13-15-10-7-8-6-9(11(8,2)3)12(10,4)16-13/h8-10,14H,5-7H2,1-4H3. The third-order valence-corrected chi connectivity index (χ3v) is 5.32. The Morgan fingerprint density at radius 3 is 2.69 bits per heavy atom. The molecular formula is C12H22BNO2. The topological polar surface area (TPSA) is 30.5 Å². The van der Waals surface area contributed by atoms with E-state index in [2.05, 4.69) is 32.9 Å². The van der Waals surface area contributed by atoms with Crippen molar-refractivity contribution in [2.75, 3.05) is 6.54 Å². The zero-order valence-corrected chi connectivity index (χ0v) is 10.7. The van der Waals surface area contributed by atoms with Crippen LogP contribution >= 0.6 is 0 Å². The fourth-order valence-electron chi connectivity index (χ4n) is 4.12. The van der Waals surface area contributed by atoms with Gasteiger partial charge < -0.3 is 14.5 Å². The fraction of sp³-hybridized carbons (Fsp3) is 1.00. The second-order valence-electron chi connectivity index (χ2n) is 6.36. The van der Waals surface area contributed by atoms with Crippen LogP contribution < -0.4 is 5.23 Å². The summed E-state index contributed by atoms with van der Waals surface area (Å²) in [5.41, 5.74) is 0.376. The molecule has 0 aromatic carbocycles. The van der Waals surface area contributed by atoms with Crippen molar-refractivity contribution >= 4 is 7.25 Å². The first-order valence-electron chi connectivity index (χ1n) is 6.55. The normalized spacial score (nSPS) is 48.8. The zero-order chi connectivity index (χ0) is 11.6. The Balaban J connectivity index is 1.81. The average molecular weight is 223 g/mol. The maximum atomic E-state index is 6.15. The molecule has 3 aliphatic carbocycles. The third kappa shape index (κ3) is 1.21. The molecule has 1 aliphatic heterocycles. The van der Waals surface area contributed by atoms with Gasteiger partial charge in [-0.2, -0.15) is 0 Å². The van der Waals surface area contributed by atoms with Crippen molar-refractivity contribution < 1.29 is 9.31 Å². The first-order chi connectivity index (χ1) is 7.48. The molecule has 16 heavy (non-hydrogen) atoms. The highest BCUT2D eigenvalue weighted by atomic mass is 16.7. The molecule has 1 N–H and O–H groups in total. The molecule has 90 valence electrons. The van der Waals surface area contributed by atoms with E-state index in [9.17, 15) is 0 Å². The largest absolute Gasteiger partial charge is 0.555 e. The minimum atomic E-state index is -0.185. The number of nitrogens with one attached hydrogen (secondary N) is 1. The van der Waals surface area contributed by atoms with Crippen molar-refractivity contribution in [2.24, 2.45) is 17.3 Å². The van der Waals surface area contributed by atoms with Crippen LogP contribution in [-0.2, 0) is 9.31 Å². The van der Waals surface area contributed by atoms with Crippen LogP contribution in [0, 0.1) is 17.3 Å². The molecule has 4 fully saturated rings. The molecule has 4 rings (SSSR count). The lowest BCUT2D eigenvalue weighted by molar-refractivity contribution is -0.199. The Hall–Kier alpha value is -0.0551. The van der Waals surface area contributed by atoms with Crippen molar-refractivity contribution in [1.82, 2.24) is 5.23 Å². The van der Waals surface area contributed by atoms with Crippen molar-refractivity contribution in [2.45, 2.75) is 52.2 Å². The summed E-state index contributed by atoms with van der Waals surface area (Å²) in [6, 6.07) is 0. The van der Waals surface area contributed by atoms with E-state index in [0.29, 0.717) is 17.4 Å². The highest BCUT2D eigenvalue weighted by Crippen LogP contribution is 2.65. The molecule has 4 unspecified atom stereocenters. The highest BCUT2D eigenvalue weighted by Gasteiger charge is 2.67. The van der Waals surface area contributed by atoms with Gasteiger partial charge in [-0.05, 0) is 43.6 Å². The Bertz CT molecular complexity index is 309. The summed E-state index contributed by atoms with van der Waals surface area (Å²) in [4.78, 5) is 0. The molecule has 0 amide bonds. The van der Waals surface area contributed by atoms with Crippen molar-refractivity contribution in [3.63, 3.8) is 0 Å². The third-order valence-electron chi connectivity index (χ3n) is 5.32. The molecule has 1 saturated heterocycles. The van der Waals surface area contributed by atoms with Gasteiger partial charge in [-0.15, -0.1) is 0 Å². The number of rotatable bonds is 2. The summed E-state index contributed by atoms with van der Waals surface area (Å²) < 4.78 is 12.1. The van der Waals surface area contributed by atoms with Crippen LogP contribution in [0.1, 0.15) is 40.5 Å². The van der Waals surface area contributed by atoms with E-state index in [1.807, 2.05) is 0 Å². The fourth-order valence-corrected chi connectivity index (χ4v) is 4.12. The van der Waals surface area contributed by atoms with Gasteiger partial charge in [0.1, 0.15) is 0 Å². The minimum Gasteiger partial charge on any atom is -0.391 e. The molecule has 0 aromatic heterocycles. The Morgan fingerprint density at radius 1 is 1.31 bits per heavy atom. The van der Waals surface area contributed by atoms with Crippen LogP contribution in [0.5, 0.6) is 0 Å². The summed E-state index contributed by atoms with van der Waals surface area (Å²) in [7, 11) is -0.185. The van der Waals surface area contributed by atoms with Gasteiger partial charge in [0, 0.05) is 0 Å². The van der Waals surface area contributed by atoms with Gasteiger partial charge in [0.2, 0.25) is 0 Å². The molecular weight excluding hydrogens is 201 g/mol. The van der Waals surface area contributed by atoms with Crippen LogP contribution in [0.3, 0.4) is 0 Å². The predicted molar refractivity (Wildman–Crippen MR) is 63.8 cm³/mol. The quantitative estimate of drug-likeness (QED) is 0.724. The van der Waals surface area contributed by atoms with E-state index >= 15 is 0 Å². The van der Waals surface area contributed by atoms with Gasteiger partial charge in [-0.3, -0.25) is 0 Å². The van der Waals surface area contributed by atoms with Crippen molar-refractivity contribution in [3.05, 3.63) is 0 Å². The first-order valence-corrected chi connectivity index (χ1v) is 6.55. The van der Waals surface area contributed by atoms with Crippen LogP contribution in [0.25, 0.3) is 0 Å². The summed E-state index contributed by atoms with van der Waals surface area (Å²) in [6.07, 6.45) is 2.79. The van der Waals surface area contributed by atoms with Gasteiger partial charge >= 0.3 is 7.25 Å². The summed E-state index contributed by atoms with van der Waals surface area (Å²) in [5, 5.41) is 3.25. The van der Waals surface area contributed by atoms with Gasteiger partial charge in [0.25, 0.3) is 0 Å². The molecule has 0 radical (unpaired) electrons. The van der Waals surface area contributed by atoms with Crippen LogP contribution in [0.4, 0.5) is 0 Å². The van der Waals surface area contributed by atoms with E-state index in [4.69, 9.17) is 9.31 Å². The minimum absolute atomic E-state index is 0.0644. The van der Waals surface area contributed by atoms with E-state index < -0.39 is 0 Å². The van der Waals surface area contributed by atoms with Gasteiger partial charge in [0.05, 0.1) is 11.7 Å². The molecule has 1 heterocycles. The maximum Gasteiger partial charge on any atom is 0.555 e. The molecule has 3 nitrogen and oxygen atoms in total. The SMILES string of the molecule is CCNB1OC2CC3CC(C3(C)C)C2(C)O1. The zero-order valence-electron chi connectivity index (χ0n) is 10.7. The average Bonchev–Trinajstić information content (AvgIpc) is 2.53. The molecule has 4 heteroatoms. The lowest BCUT2D eigenvalue weighted by Crippen LogP contribution is -2.65. The van der Waals surface area contributed by atoms with Gasteiger partial charge in [-0.1, -0.05) is 20.8 Å². The van der Waals surface area contributed by atoms with E-state index in [1.54, 1.807) is 0 Å². The van der Waals surface area contributed by atoms with Crippen LogP contribution in [0.2, 0.25) is 0 Å². The first kappa shape index (κ1) is 11.1.